The number of aliphatic hydroxyl groups excluding tert-OH is 1. The minimum absolute atomic E-state index is 0.0567. The largest absolute Gasteiger partial charge is 0.392 e. The van der Waals surface area contributed by atoms with E-state index in [0.717, 1.165) is 6.42 Å². The lowest BCUT2D eigenvalue weighted by molar-refractivity contribution is 0.278. The fraction of sp³-hybridized carbons (Fsp3) is 0.667. The van der Waals surface area contributed by atoms with Crippen LogP contribution in [0.25, 0.3) is 0 Å². The summed E-state index contributed by atoms with van der Waals surface area (Å²) in [6.45, 7) is 4.06. The Hall–Kier alpha value is -0.920. The molecule has 1 rings (SSSR count). The van der Waals surface area contributed by atoms with Crippen LogP contribution in [0.15, 0.2) is 11.2 Å². The molecule has 0 aliphatic rings. The van der Waals surface area contributed by atoms with Crippen molar-refractivity contribution in [1.82, 2.24) is 14.9 Å². The first-order valence-electron chi connectivity index (χ1n) is 5.10. The Morgan fingerprint density at radius 1 is 1.56 bits per heavy atom. The quantitative estimate of drug-likeness (QED) is 0.670. The van der Waals surface area contributed by atoms with Gasteiger partial charge < -0.3 is 5.11 Å². The van der Waals surface area contributed by atoms with Gasteiger partial charge >= 0.3 is 0 Å². The van der Waals surface area contributed by atoms with Gasteiger partial charge in [-0.25, -0.2) is 13.1 Å². The van der Waals surface area contributed by atoms with Gasteiger partial charge in [0.2, 0.25) is 0 Å². The number of nitrogens with zero attached hydrogens (tertiary/aromatic N) is 1. The molecule has 1 heterocycles. The Morgan fingerprint density at radius 3 is 2.81 bits per heavy atom. The van der Waals surface area contributed by atoms with E-state index in [9.17, 15) is 8.42 Å². The highest BCUT2D eigenvalue weighted by molar-refractivity contribution is 7.89. The lowest BCUT2D eigenvalue weighted by atomic mass is 10.1. The Kier molecular flexibility index (Phi) is 4.45. The van der Waals surface area contributed by atoms with E-state index in [4.69, 9.17) is 5.11 Å². The third-order valence-corrected chi connectivity index (χ3v) is 3.61. The molecule has 92 valence electrons. The molecule has 1 aromatic heterocycles. The zero-order valence-electron chi connectivity index (χ0n) is 9.40. The fourth-order valence-corrected chi connectivity index (χ4v) is 2.36. The number of hydrogen-bond acceptors (Lipinski definition) is 4. The number of H-pyrrole nitrogens is 1. The molecule has 6 nitrogen and oxygen atoms in total. The molecule has 0 spiro atoms. The van der Waals surface area contributed by atoms with Crippen LogP contribution in [0.5, 0.6) is 0 Å². The van der Waals surface area contributed by atoms with Crippen molar-refractivity contribution in [1.29, 1.82) is 0 Å². The molecule has 0 fully saturated rings. The summed E-state index contributed by atoms with van der Waals surface area (Å²) >= 11 is 0. The van der Waals surface area contributed by atoms with Gasteiger partial charge in [0.05, 0.1) is 12.8 Å². The van der Waals surface area contributed by atoms with E-state index >= 15 is 0 Å². The van der Waals surface area contributed by atoms with E-state index in [-0.39, 0.29) is 17.2 Å². The number of aliphatic hydroxyl groups is 1. The zero-order valence-corrected chi connectivity index (χ0v) is 10.2. The summed E-state index contributed by atoms with van der Waals surface area (Å²) in [4.78, 5) is 0. The van der Waals surface area contributed by atoms with Gasteiger partial charge in [-0.05, 0) is 12.3 Å². The first-order chi connectivity index (χ1) is 7.47. The minimum Gasteiger partial charge on any atom is -0.392 e. The van der Waals surface area contributed by atoms with Crippen LogP contribution in [-0.2, 0) is 16.6 Å². The van der Waals surface area contributed by atoms with Gasteiger partial charge in [-0.2, -0.15) is 5.10 Å². The average molecular weight is 247 g/mol. The minimum atomic E-state index is -3.58. The highest BCUT2D eigenvalue weighted by Crippen LogP contribution is 2.11. The van der Waals surface area contributed by atoms with Gasteiger partial charge in [0.15, 0.2) is 5.03 Å². The van der Waals surface area contributed by atoms with Crippen molar-refractivity contribution in [2.24, 2.45) is 5.92 Å². The summed E-state index contributed by atoms with van der Waals surface area (Å²) in [7, 11) is -3.58. The monoisotopic (exact) mass is 247 g/mol. The van der Waals surface area contributed by atoms with Crippen LogP contribution in [-0.4, -0.2) is 30.3 Å². The standard InChI is InChI=1S/C9H17N3O3S/c1-7(2)3-4-11-16(14,15)9-8(6-13)5-10-12-9/h5,7,11,13H,3-4,6H2,1-2H3,(H,10,12). The summed E-state index contributed by atoms with van der Waals surface area (Å²) in [5.41, 5.74) is 0.275. The number of hydrogen-bond donors (Lipinski definition) is 3. The Labute approximate surface area is 95.1 Å². The fourth-order valence-electron chi connectivity index (χ4n) is 1.20. The molecule has 16 heavy (non-hydrogen) atoms. The molecule has 7 heteroatoms. The highest BCUT2D eigenvalue weighted by Gasteiger charge is 2.19. The summed E-state index contributed by atoms with van der Waals surface area (Å²) in [6, 6.07) is 0. The number of aromatic nitrogens is 2. The van der Waals surface area contributed by atoms with E-state index in [1.165, 1.54) is 6.20 Å². The van der Waals surface area contributed by atoms with Crippen molar-refractivity contribution in [3.63, 3.8) is 0 Å². The second-order valence-corrected chi connectivity index (χ2v) is 5.67. The molecule has 0 bridgehead atoms. The summed E-state index contributed by atoms with van der Waals surface area (Å²) in [6.07, 6.45) is 2.07. The van der Waals surface area contributed by atoms with Crippen molar-refractivity contribution < 1.29 is 13.5 Å². The van der Waals surface area contributed by atoms with Gasteiger partial charge in [-0.3, -0.25) is 5.10 Å². The van der Waals surface area contributed by atoms with Crippen molar-refractivity contribution in [3.05, 3.63) is 11.8 Å². The van der Waals surface area contributed by atoms with Gasteiger partial charge in [0.1, 0.15) is 0 Å². The van der Waals surface area contributed by atoms with Crippen LogP contribution in [0.2, 0.25) is 0 Å². The average Bonchev–Trinajstić information content (AvgIpc) is 2.64. The van der Waals surface area contributed by atoms with Crippen molar-refractivity contribution in [2.45, 2.75) is 31.9 Å². The molecule has 0 radical (unpaired) electrons. The number of rotatable bonds is 6. The smallest absolute Gasteiger partial charge is 0.257 e. The SMILES string of the molecule is CC(C)CCNS(=O)(=O)c1[nH]ncc1CO. The topological polar surface area (TPSA) is 95.1 Å². The normalized spacial score (nSPS) is 12.2. The second-order valence-electron chi connectivity index (χ2n) is 3.96. The maximum absolute atomic E-state index is 11.8. The Bertz CT molecular complexity index is 425. The molecule has 0 amide bonds. The predicted molar refractivity (Wildman–Crippen MR) is 59.2 cm³/mol. The van der Waals surface area contributed by atoms with Crippen LogP contribution in [0.3, 0.4) is 0 Å². The van der Waals surface area contributed by atoms with Crippen LogP contribution >= 0.6 is 0 Å². The number of nitrogens with one attached hydrogen (secondary N) is 2. The molecular formula is C9H17N3O3S. The van der Waals surface area contributed by atoms with Crippen molar-refractivity contribution in [2.75, 3.05) is 6.54 Å². The molecular weight excluding hydrogens is 230 g/mol. The van der Waals surface area contributed by atoms with Crippen LogP contribution in [0.4, 0.5) is 0 Å². The molecule has 0 aromatic carbocycles. The maximum atomic E-state index is 11.8. The lowest BCUT2D eigenvalue weighted by Gasteiger charge is -2.07. The van der Waals surface area contributed by atoms with Gasteiger partial charge in [-0.1, -0.05) is 13.8 Å². The Morgan fingerprint density at radius 2 is 2.25 bits per heavy atom. The van der Waals surface area contributed by atoms with Crippen LogP contribution in [0, 0.1) is 5.92 Å². The Balaban J connectivity index is 2.71. The molecule has 3 N–H and O–H groups in total. The zero-order chi connectivity index (χ0) is 12.2. The van der Waals surface area contributed by atoms with Crippen LogP contribution in [0.1, 0.15) is 25.8 Å². The second kappa shape index (κ2) is 5.42. The van der Waals surface area contributed by atoms with Crippen LogP contribution < -0.4 is 4.72 Å². The van der Waals surface area contributed by atoms with Gasteiger partial charge in [0, 0.05) is 12.1 Å². The first kappa shape index (κ1) is 13.1. The summed E-state index contributed by atoms with van der Waals surface area (Å²) in [5, 5.41) is 14.8. The third kappa shape index (κ3) is 3.29. The number of sulfonamides is 1. The van der Waals surface area contributed by atoms with E-state index < -0.39 is 10.0 Å². The maximum Gasteiger partial charge on any atom is 0.257 e. The van der Waals surface area contributed by atoms with Gasteiger partial charge in [-0.15, -0.1) is 0 Å². The molecule has 0 atom stereocenters. The first-order valence-corrected chi connectivity index (χ1v) is 6.58. The van der Waals surface area contributed by atoms with E-state index in [1.54, 1.807) is 0 Å². The van der Waals surface area contributed by atoms with E-state index in [1.807, 2.05) is 13.8 Å². The lowest BCUT2D eigenvalue weighted by Crippen LogP contribution is -2.26. The van der Waals surface area contributed by atoms with Gasteiger partial charge in [0.25, 0.3) is 10.0 Å². The highest BCUT2D eigenvalue weighted by atomic mass is 32.2. The predicted octanol–water partition coefficient (Wildman–Crippen LogP) is 0.226. The van der Waals surface area contributed by atoms with E-state index in [0.29, 0.717) is 12.5 Å². The molecule has 0 saturated heterocycles. The van der Waals surface area contributed by atoms with Crippen molar-refractivity contribution >= 4 is 10.0 Å². The molecule has 0 aliphatic carbocycles. The number of aromatic amines is 1. The summed E-state index contributed by atoms with van der Waals surface area (Å²) in [5.74, 6) is 0.432. The summed E-state index contributed by atoms with van der Waals surface area (Å²) < 4.78 is 26.0. The molecule has 0 saturated carbocycles. The third-order valence-electron chi connectivity index (χ3n) is 2.13. The molecule has 1 aromatic rings. The van der Waals surface area contributed by atoms with E-state index in [2.05, 4.69) is 14.9 Å². The van der Waals surface area contributed by atoms with Crippen molar-refractivity contribution in [3.8, 4) is 0 Å². The molecule has 0 unspecified atom stereocenters. The molecule has 0 aliphatic heterocycles.